The van der Waals surface area contributed by atoms with Crippen molar-refractivity contribution in [3.63, 3.8) is 0 Å². The van der Waals surface area contributed by atoms with Gasteiger partial charge >= 0.3 is 0 Å². The fourth-order valence-corrected chi connectivity index (χ4v) is 2.09. The van der Waals surface area contributed by atoms with Crippen LogP contribution in [0.25, 0.3) is 0 Å². The van der Waals surface area contributed by atoms with Crippen LogP contribution in [0.5, 0.6) is 0 Å². The van der Waals surface area contributed by atoms with Gasteiger partial charge in [0.2, 0.25) is 5.91 Å². The van der Waals surface area contributed by atoms with Crippen LogP contribution in [0.1, 0.15) is 35.2 Å². The highest BCUT2D eigenvalue weighted by atomic mass is 16.3. The van der Waals surface area contributed by atoms with E-state index in [1.54, 1.807) is 18.2 Å². The smallest absolute Gasteiger partial charge is 0.251 e. The van der Waals surface area contributed by atoms with Gasteiger partial charge in [-0.25, -0.2) is 0 Å². The molecule has 0 saturated heterocycles. The van der Waals surface area contributed by atoms with E-state index < -0.39 is 0 Å². The van der Waals surface area contributed by atoms with Gasteiger partial charge in [0, 0.05) is 24.4 Å². The lowest BCUT2D eigenvalue weighted by atomic mass is 10.1. The van der Waals surface area contributed by atoms with Crippen molar-refractivity contribution in [1.82, 2.24) is 5.32 Å². The van der Waals surface area contributed by atoms with Crippen LogP contribution in [0, 0.1) is 0 Å². The second-order valence-electron chi connectivity index (χ2n) is 4.64. The molecule has 0 fully saturated rings. The lowest BCUT2D eigenvalue weighted by molar-refractivity contribution is -0.115. The molecule has 0 atom stereocenters. The summed E-state index contributed by atoms with van der Waals surface area (Å²) < 4.78 is 0. The highest BCUT2D eigenvalue weighted by Gasteiger charge is 2.18. The molecule has 0 aromatic heterocycles. The molecule has 1 aromatic carbocycles. The zero-order valence-corrected chi connectivity index (χ0v) is 10.7. The molecule has 0 unspecified atom stereocenters. The van der Waals surface area contributed by atoms with Gasteiger partial charge in [-0.05, 0) is 43.0 Å². The summed E-state index contributed by atoms with van der Waals surface area (Å²) in [4.78, 5) is 23.1. The standard InChI is InChI=1S/C14H18N2O3/c17-7-3-1-2-6-15-14(19)10-4-5-12-11(8-10)9-13(18)16-12/h4-5,8,17H,1-3,6-7,9H2,(H,15,19)(H,16,18). The molecule has 1 aliphatic rings. The van der Waals surface area contributed by atoms with E-state index in [-0.39, 0.29) is 18.4 Å². The molecule has 1 heterocycles. The van der Waals surface area contributed by atoms with E-state index in [9.17, 15) is 9.59 Å². The predicted octanol–water partition coefficient (Wildman–Crippen LogP) is 1.07. The van der Waals surface area contributed by atoms with Crippen LogP contribution < -0.4 is 10.6 Å². The van der Waals surface area contributed by atoms with E-state index in [0.717, 1.165) is 30.5 Å². The highest BCUT2D eigenvalue weighted by Crippen LogP contribution is 2.23. The van der Waals surface area contributed by atoms with Gasteiger partial charge in [0.1, 0.15) is 0 Å². The molecule has 1 aliphatic heterocycles. The highest BCUT2D eigenvalue weighted by molar-refractivity contribution is 6.01. The number of carbonyl (C=O) groups is 2. The molecule has 19 heavy (non-hydrogen) atoms. The number of carbonyl (C=O) groups excluding carboxylic acids is 2. The van der Waals surface area contributed by atoms with Crippen molar-refractivity contribution in [2.24, 2.45) is 0 Å². The fourth-order valence-electron chi connectivity index (χ4n) is 2.09. The molecule has 1 aromatic rings. The van der Waals surface area contributed by atoms with Crippen LogP contribution >= 0.6 is 0 Å². The Morgan fingerprint density at radius 2 is 2.16 bits per heavy atom. The van der Waals surface area contributed by atoms with Crippen LogP contribution in [-0.2, 0) is 11.2 Å². The predicted molar refractivity (Wildman–Crippen MR) is 72.0 cm³/mol. The van der Waals surface area contributed by atoms with Crippen molar-refractivity contribution in [3.05, 3.63) is 29.3 Å². The van der Waals surface area contributed by atoms with Gasteiger partial charge in [0.25, 0.3) is 5.91 Å². The Hall–Kier alpha value is -1.88. The van der Waals surface area contributed by atoms with Gasteiger partial charge in [-0.15, -0.1) is 0 Å². The largest absolute Gasteiger partial charge is 0.396 e. The number of hydrogen-bond acceptors (Lipinski definition) is 3. The molecule has 0 saturated carbocycles. The summed E-state index contributed by atoms with van der Waals surface area (Å²) in [5, 5.41) is 14.2. The van der Waals surface area contributed by atoms with Gasteiger partial charge in [0.15, 0.2) is 0 Å². The maximum atomic E-state index is 11.9. The van der Waals surface area contributed by atoms with Gasteiger partial charge in [-0.1, -0.05) is 0 Å². The summed E-state index contributed by atoms with van der Waals surface area (Å²) in [5.41, 5.74) is 2.25. The molecule has 5 nitrogen and oxygen atoms in total. The molecule has 0 spiro atoms. The van der Waals surface area contributed by atoms with E-state index in [1.807, 2.05) is 0 Å². The number of aliphatic hydroxyl groups excluding tert-OH is 1. The van der Waals surface area contributed by atoms with Crippen LogP contribution in [0.2, 0.25) is 0 Å². The first-order valence-corrected chi connectivity index (χ1v) is 6.52. The Morgan fingerprint density at radius 3 is 2.95 bits per heavy atom. The zero-order chi connectivity index (χ0) is 13.7. The second kappa shape index (κ2) is 6.33. The third kappa shape index (κ3) is 3.54. The molecular formula is C14H18N2O3. The second-order valence-corrected chi connectivity index (χ2v) is 4.64. The molecule has 0 radical (unpaired) electrons. The summed E-state index contributed by atoms with van der Waals surface area (Å²) in [6.07, 6.45) is 2.87. The van der Waals surface area contributed by atoms with Gasteiger partial charge in [0.05, 0.1) is 6.42 Å². The summed E-state index contributed by atoms with van der Waals surface area (Å²) in [7, 11) is 0. The first-order chi connectivity index (χ1) is 9.20. The number of fused-ring (bicyclic) bond motifs is 1. The Bertz CT molecular complexity index is 486. The molecule has 2 amide bonds. The van der Waals surface area contributed by atoms with Gasteiger partial charge < -0.3 is 15.7 Å². The number of unbranched alkanes of at least 4 members (excludes halogenated alkanes) is 2. The number of nitrogens with one attached hydrogen (secondary N) is 2. The molecular weight excluding hydrogens is 244 g/mol. The lowest BCUT2D eigenvalue weighted by Gasteiger charge is -2.06. The van der Waals surface area contributed by atoms with Gasteiger partial charge in [-0.3, -0.25) is 9.59 Å². The quantitative estimate of drug-likeness (QED) is 0.671. The SMILES string of the molecule is O=C1Cc2cc(C(=O)NCCCCCO)ccc2N1. The third-order valence-electron chi connectivity index (χ3n) is 3.11. The number of anilines is 1. The van der Waals surface area contributed by atoms with Crippen LogP contribution in [0.4, 0.5) is 5.69 Å². The average Bonchev–Trinajstić information content (AvgIpc) is 2.77. The fraction of sp³-hybridized carbons (Fsp3) is 0.429. The van der Waals surface area contributed by atoms with Crippen molar-refractivity contribution >= 4 is 17.5 Å². The Kier molecular flexibility index (Phi) is 4.52. The van der Waals surface area contributed by atoms with E-state index >= 15 is 0 Å². The zero-order valence-electron chi connectivity index (χ0n) is 10.7. The average molecular weight is 262 g/mol. The lowest BCUT2D eigenvalue weighted by Crippen LogP contribution is -2.24. The van der Waals surface area contributed by atoms with E-state index in [2.05, 4.69) is 10.6 Å². The number of rotatable bonds is 6. The minimum atomic E-state index is -0.119. The van der Waals surface area contributed by atoms with Gasteiger partial charge in [-0.2, -0.15) is 0 Å². The van der Waals surface area contributed by atoms with Crippen molar-refractivity contribution in [2.75, 3.05) is 18.5 Å². The maximum Gasteiger partial charge on any atom is 0.251 e. The first kappa shape index (κ1) is 13.5. The molecule has 0 aliphatic carbocycles. The number of amides is 2. The van der Waals surface area contributed by atoms with Crippen LogP contribution in [0.15, 0.2) is 18.2 Å². The number of benzene rings is 1. The summed E-state index contributed by atoms with van der Waals surface area (Å²) in [5.74, 6) is -0.150. The van der Waals surface area contributed by atoms with Crippen molar-refractivity contribution < 1.29 is 14.7 Å². The van der Waals surface area contributed by atoms with Crippen molar-refractivity contribution in [2.45, 2.75) is 25.7 Å². The topological polar surface area (TPSA) is 78.4 Å². The molecule has 102 valence electrons. The summed E-state index contributed by atoms with van der Waals surface area (Å²) in [6.45, 7) is 0.799. The normalized spacial score (nSPS) is 13.0. The minimum Gasteiger partial charge on any atom is -0.396 e. The molecule has 0 bridgehead atoms. The maximum absolute atomic E-state index is 11.9. The Balaban J connectivity index is 1.86. The van der Waals surface area contributed by atoms with Crippen molar-refractivity contribution in [1.29, 1.82) is 0 Å². The minimum absolute atomic E-state index is 0.0310. The Morgan fingerprint density at radius 1 is 1.32 bits per heavy atom. The molecule has 5 heteroatoms. The molecule has 2 rings (SSSR count). The first-order valence-electron chi connectivity index (χ1n) is 6.52. The van der Waals surface area contributed by atoms with Crippen LogP contribution in [0.3, 0.4) is 0 Å². The summed E-state index contributed by atoms with van der Waals surface area (Å²) >= 11 is 0. The van der Waals surface area contributed by atoms with E-state index in [1.165, 1.54) is 0 Å². The Labute approximate surface area is 112 Å². The van der Waals surface area contributed by atoms with E-state index in [4.69, 9.17) is 5.11 Å². The third-order valence-corrected chi connectivity index (χ3v) is 3.11. The number of hydrogen-bond donors (Lipinski definition) is 3. The summed E-state index contributed by atoms with van der Waals surface area (Å²) in [6, 6.07) is 5.24. The molecule has 3 N–H and O–H groups in total. The van der Waals surface area contributed by atoms with Crippen LogP contribution in [-0.4, -0.2) is 30.1 Å². The monoisotopic (exact) mass is 262 g/mol. The number of aliphatic hydroxyl groups is 1. The van der Waals surface area contributed by atoms with Crippen molar-refractivity contribution in [3.8, 4) is 0 Å². The van der Waals surface area contributed by atoms with E-state index in [0.29, 0.717) is 18.5 Å².